The smallest absolute Gasteiger partial charge is 0.407 e. The number of aliphatic carboxylic acids is 1. The van der Waals surface area contributed by atoms with Gasteiger partial charge in [0.15, 0.2) is 6.04 Å². The first-order chi connectivity index (χ1) is 20.8. The van der Waals surface area contributed by atoms with Crippen LogP contribution in [0, 0.1) is 0 Å². The molecule has 5 amide bonds. The van der Waals surface area contributed by atoms with Crippen LogP contribution in [0.2, 0.25) is 0 Å². The second kappa shape index (κ2) is 18.5. The molecule has 16 heteroatoms. The summed E-state index contributed by atoms with van der Waals surface area (Å²) in [5.41, 5.74) is 3.56. The summed E-state index contributed by atoms with van der Waals surface area (Å²) in [5.74, 6) is -3.69. The predicted octanol–water partition coefficient (Wildman–Crippen LogP) is 1.30. The zero-order valence-electron chi connectivity index (χ0n) is 29.1. The fraction of sp³-hybridized carbons (Fsp3) is 0.800. The van der Waals surface area contributed by atoms with Crippen LogP contribution in [0.15, 0.2) is 0 Å². The van der Waals surface area contributed by atoms with Gasteiger partial charge in [0.05, 0.1) is 17.7 Å². The Morgan fingerprint density at radius 3 is 1.41 bits per heavy atom. The largest absolute Gasteiger partial charge is 0.480 e. The Kier molecular flexibility index (Phi) is 17.0. The van der Waals surface area contributed by atoms with Crippen LogP contribution in [-0.2, 0) is 33.4 Å². The highest BCUT2D eigenvalue weighted by atomic mass is 16.6. The third-order valence-corrected chi connectivity index (χ3v) is 5.82. The van der Waals surface area contributed by atoms with E-state index in [1.165, 1.54) is 6.92 Å². The van der Waals surface area contributed by atoms with Gasteiger partial charge in [0.25, 0.3) is 0 Å². The van der Waals surface area contributed by atoms with Crippen molar-refractivity contribution in [1.29, 1.82) is 0 Å². The summed E-state index contributed by atoms with van der Waals surface area (Å²) in [7, 11) is 0. The summed E-state index contributed by atoms with van der Waals surface area (Å²) in [5, 5.41) is 22.3. The minimum atomic E-state index is -1.49. The van der Waals surface area contributed by atoms with Crippen molar-refractivity contribution in [3.63, 3.8) is 0 Å². The number of carboxylic acid groups (broad SMARTS) is 1. The maximum absolute atomic E-state index is 13.5. The van der Waals surface area contributed by atoms with Crippen LogP contribution in [0.1, 0.15) is 95.4 Å². The van der Waals surface area contributed by atoms with E-state index in [4.69, 9.17) is 19.9 Å². The lowest BCUT2D eigenvalue weighted by molar-refractivity contribution is -0.150. The Balaban J connectivity index is 6.05. The third kappa shape index (κ3) is 19.0. The topological polar surface area (TPSA) is 237 Å². The van der Waals surface area contributed by atoms with Gasteiger partial charge >= 0.3 is 18.2 Å². The Hall–Kier alpha value is -3.66. The first-order valence-electron chi connectivity index (χ1n) is 15.4. The average molecular weight is 661 g/mol. The van der Waals surface area contributed by atoms with Crippen LogP contribution in [0.25, 0.3) is 0 Å². The maximum Gasteiger partial charge on any atom is 0.407 e. The highest BCUT2D eigenvalue weighted by Crippen LogP contribution is 2.14. The van der Waals surface area contributed by atoms with Gasteiger partial charge in [-0.3, -0.25) is 14.4 Å². The fourth-order valence-corrected chi connectivity index (χ4v) is 3.80. The molecule has 266 valence electrons. The van der Waals surface area contributed by atoms with Crippen molar-refractivity contribution >= 4 is 35.9 Å². The minimum Gasteiger partial charge on any atom is -0.480 e. The summed E-state index contributed by atoms with van der Waals surface area (Å²) in [6.07, 6.45) is -2.46. The second-order valence-corrected chi connectivity index (χ2v) is 13.8. The molecule has 0 fully saturated rings. The number of carbonyl (C=O) groups is 6. The van der Waals surface area contributed by atoms with Crippen molar-refractivity contribution in [3.8, 4) is 0 Å². The van der Waals surface area contributed by atoms with Crippen molar-refractivity contribution in [2.45, 2.75) is 142 Å². The van der Waals surface area contributed by atoms with Gasteiger partial charge in [-0.25, -0.2) is 14.4 Å². The van der Waals surface area contributed by atoms with E-state index in [-0.39, 0.29) is 32.4 Å². The molecule has 0 aliphatic heterocycles. The molecule has 8 N–H and O–H groups in total. The highest BCUT2D eigenvalue weighted by Gasteiger charge is 2.34. The number of alkyl carbamates (subject to hydrolysis) is 2. The number of nitrogens with one attached hydrogen (secondary N) is 5. The van der Waals surface area contributed by atoms with Crippen LogP contribution in [0.5, 0.6) is 0 Å². The zero-order valence-corrected chi connectivity index (χ0v) is 29.1. The first kappa shape index (κ1) is 42.3. The number of amides is 5. The predicted molar refractivity (Wildman–Crippen MR) is 170 cm³/mol. The van der Waals surface area contributed by atoms with Crippen molar-refractivity contribution in [2.75, 3.05) is 13.1 Å². The van der Waals surface area contributed by atoms with Gasteiger partial charge < -0.3 is 51.6 Å². The number of nitrogens with two attached hydrogens (primary N) is 1. The molecule has 16 nitrogen and oxygen atoms in total. The van der Waals surface area contributed by atoms with E-state index in [1.807, 2.05) is 0 Å². The molecule has 0 heterocycles. The molecule has 0 aliphatic rings. The van der Waals surface area contributed by atoms with Gasteiger partial charge in [-0.2, -0.15) is 0 Å². The Bertz CT molecular complexity index is 1050. The van der Waals surface area contributed by atoms with E-state index in [0.717, 1.165) is 0 Å². The Morgan fingerprint density at radius 1 is 0.674 bits per heavy atom. The summed E-state index contributed by atoms with van der Waals surface area (Å²) in [6, 6.07) is -5.04. The molecule has 0 aromatic heterocycles. The minimum absolute atomic E-state index is 0.0888. The van der Waals surface area contributed by atoms with Crippen LogP contribution in [-0.4, -0.2) is 101 Å². The molecule has 0 rings (SSSR count). The average Bonchev–Trinajstić information content (AvgIpc) is 2.86. The molecule has 0 spiro atoms. The van der Waals surface area contributed by atoms with Gasteiger partial charge in [-0.15, -0.1) is 0 Å². The number of carbonyl (C=O) groups excluding carboxylic acids is 5. The standard InChI is InChI=1S/C30H56N6O10/c1-12-18(31)22(37)34-19(13-15-32-26(42)45-29(6,7)8)23(38)35-20(14-16-33-27(43)46-30(9,10)11)24(39)36-21(25(40)41)17(2)44-28(3,4)5/h17-21H,12-16,31H2,1-11H3,(H,32,42)(H,33,43)(H,34,37)(H,35,38)(H,36,39)(H,40,41)/t17-,18+,19+,20+,21+/m1/s1. The molecule has 0 aromatic carbocycles. The molecular formula is C30H56N6O10. The fourth-order valence-electron chi connectivity index (χ4n) is 3.80. The number of hydrogen-bond acceptors (Lipinski definition) is 10. The number of hydrogen-bond donors (Lipinski definition) is 7. The van der Waals surface area contributed by atoms with Crippen molar-refractivity contribution in [1.82, 2.24) is 26.6 Å². The molecule has 0 saturated carbocycles. The molecule has 0 unspecified atom stereocenters. The quantitative estimate of drug-likeness (QED) is 0.125. The zero-order chi connectivity index (χ0) is 36.0. The summed E-state index contributed by atoms with van der Waals surface area (Å²) >= 11 is 0. The molecule has 46 heavy (non-hydrogen) atoms. The molecule has 0 radical (unpaired) electrons. The summed E-state index contributed by atoms with van der Waals surface area (Å²) in [6.45, 7) is 18.2. The van der Waals surface area contributed by atoms with Crippen LogP contribution < -0.4 is 32.3 Å². The molecule has 0 saturated heterocycles. The monoisotopic (exact) mass is 660 g/mol. The highest BCUT2D eigenvalue weighted by molar-refractivity contribution is 5.94. The van der Waals surface area contributed by atoms with Crippen LogP contribution in [0.3, 0.4) is 0 Å². The number of rotatable bonds is 16. The van der Waals surface area contributed by atoms with Gasteiger partial charge in [0, 0.05) is 13.1 Å². The van der Waals surface area contributed by atoms with Crippen molar-refractivity contribution in [3.05, 3.63) is 0 Å². The number of ether oxygens (including phenoxy) is 3. The summed E-state index contributed by atoms with van der Waals surface area (Å²) < 4.78 is 16.1. The van der Waals surface area contributed by atoms with Crippen molar-refractivity contribution in [2.24, 2.45) is 5.73 Å². The molecule has 0 aromatic rings. The van der Waals surface area contributed by atoms with Gasteiger partial charge in [-0.05, 0) is 88.5 Å². The van der Waals surface area contributed by atoms with E-state index >= 15 is 0 Å². The SMILES string of the molecule is CC[C@H](N)C(=O)N[C@@H](CCNC(=O)OC(C)(C)C)C(=O)N[C@@H](CCNC(=O)OC(C)(C)C)C(=O)N[C@H](C(=O)O)[C@@H](C)OC(C)(C)C. The molecular weight excluding hydrogens is 604 g/mol. The van der Waals surface area contributed by atoms with E-state index < -0.39 is 83.0 Å². The first-order valence-corrected chi connectivity index (χ1v) is 15.4. The summed E-state index contributed by atoms with van der Waals surface area (Å²) in [4.78, 5) is 75.9. The second-order valence-electron chi connectivity index (χ2n) is 13.8. The molecule has 5 atom stereocenters. The van der Waals surface area contributed by atoms with Crippen LogP contribution in [0.4, 0.5) is 9.59 Å². The normalized spacial score (nSPS) is 15.2. The Labute approximate surface area is 272 Å². The van der Waals surface area contributed by atoms with E-state index in [1.54, 1.807) is 69.2 Å². The molecule has 0 bridgehead atoms. The van der Waals surface area contributed by atoms with E-state index in [9.17, 15) is 33.9 Å². The lowest BCUT2D eigenvalue weighted by Crippen LogP contribution is -2.59. The van der Waals surface area contributed by atoms with Crippen molar-refractivity contribution < 1.29 is 48.1 Å². The molecule has 0 aliphatic carbocycles. The van der Waals surface area contributed by atoms with Crippen LogP contribution >= 0.6 is 0 Å². The van der Waals surface area contributed by atoms with E-state index in [2.05, 4.69) is 26.6 Å². The maximum atomic E-state index is 13.5. The Morgan fingerprint density at radius 2 is 1.07 bits per heavy atom. The van der Waals surface area contributed by atoms with Gasteiger partial charge in [-0.1, -0.05) is 6.92 Å². The lowest BCUT2D eigenvalue weighted by Gasteiger charge is -2.30. The third-order valence-electron chi connectivity index (χ3n) is 5.82. The lowest BCUT2D eigenvalue weighted by atomic mass is 10.1. The number of carboxylic acids is 1. The van der Waals surface area contributed by atoms with E-state index in [0.29, 0.717) is 0 Å². The van der Waals surface area contributed by atoms with Gasteiger partial charge in [0.1, 0.15) is 23.3 Å². The van der Waals surface area contributed by atoms with Gasteiger partial charge in [0.2, 0.25) is 17.7 Å².